The maximum Gasteiger partial charge on any atom is 0.329 e. The monoisotopic (exact) mass is 335 g/mol. The van der Waals surface area contributed by atoms with Gasteiger partial charge in [-0.25, -0.2) is 4.79 Å². The topological polar surface area (TPSA) is 96.5 Å². The van der Waals surface area contributed by atoms with Crippen LogP contribution in [-0.4, -0.2) is 44.6 Å². The van der Waals surface area contributed by atoms with Crippen molar-refractivity contribution in [2.45, 2.75) is 75.7 Å². The first-order chi connectivity index (χ1) is 11.5. The Balaban J connectivity index is 1.52. The molecule has 24 heavy (non-hydrogen) atoms. The summed E-state index contributed by atoms with van der Waals surface area (Å²) in [6, 6.07) is 0. The molecule has 7 nitrogen and oxygen atoms in total. The normalized spacial score (nSPS) is 19.9. The molecule has 3 rings (SSSR count). The summed E-state index contributed by atoms with van der Waals surface area (Å²) in [6.07, 6.45) is 7.53. The Labute approximate surface area is 141 Å². The number of carbonyl (C=O) groups is 2. The van der Waals surface area contributed by atoms with E-state index in [9.17, 15) is 14.7 Å². The summed E-state index contributed by atoms with van der Waals surface area (Å²) in [4.78, 5) is 30.0. The van der Waals surface area contributed by atoms with Crippen LogP contribution in [0.25, 0.3) is 0 Å². The lowest BCUT2D eigenvalue weighted by atomic mass is 9.80. The van der Waals surface area contributed by atoms with Crippen molar-refractivity contribution in [2.24, 2.45) is 0 Å². The number of carbonyl (C=O) groups excluding carboxylic acids is 1. The second kappa shape index (κ2) is 6.91. The lowest BCUT2D eigenvalue weighted by molar-refractivity contribution is -0.160. The Morgan fingerprint density at radius 1 is 1.29 bits per heavy atom. The van der Waals surface area contributed by atoms with Gasteiger partial charge in [-0.3, -0.25) is 4.79 Å². The number of aromatic nitrogens is 2. The average molecular weight is 335 g/mol. The molecule has 2 aliphatic rings. The van der Waals surface area contributed by atoms with Crippen molar-refractivity contribution in [3.63, 3.8) is 0 Å². The Morgan fingerprint density at radius 2 is 2.00 bits per heavy atom. The van der Waals surface area contributed by atoms with E-state index in [4.69, 9.17) is 4.52 Å². The van der Waals surface area contributed by atoms with E-state index < -0.39 is 11.5 Å². The Morgan fingerprint density at radius 3 is 2.62 bits per heavy atom. The predicted molar refractivity (Wildman–Crippen MR) is 85.4 cm³/mol. The van der Waals surface area contributed by atoms with Crippen LogP contribution < -0.4 is 0 Å². The summed E-state index contributed by atoms with van der Waals surface area (Å²) in [7, 11) is 1.62. The van der Waals surface area contributed by atoms with Crippen LogP contribution in [0.4, 0.5) is 0 Å². The molecular formula is C17H25N3O4. The summed E-state index contributed by atoms with van der Waals surface area (Å²) < 4.78 is 5.20. The molecule has 0 bridgehead atoms. The van der Waals surface area contributed by atoms with Crippen molar-refractivity contribution in [1.29, 1.82) is 0 Å². The molecular weight excluding hydrogens is 310 g/mol. The van der Waals surface area contributed by atoms with Gasteiger partial charge in [-0.2, -0.15) is 4.98 Å². The van der Waals surface area contributed by atoms with E-state index in [1.165, 1.54) is 4.90 Å². The van der Waals surface area contributed by atoms with Gasteiger partial charge in [0.1, 0.15) is 5.54 Å². The molecule has 2 fully saturated rings. The van der Waals surface area contributed by atoms with Gasteiger partial charge in [-0.05, 0) is 32.1 Å². The summed E-state index contributed by atoms with van der Waals surface area (Å²) >= 11 is 0. The molecule has 1 amide bonds. The molecule has 2 saturated carbocycles. The van der Waals surface area contributed by atoms with E-state index in [-0.39, 0.29) is 5.91 Å². The molecule has 1 aromatic heterocycles. The van der Waals surface area contributed by atoms with Crippen LogP contribution in [0.15, 0.2) is 4.52 Å². The highest BCUT2D eigenvalue weighted by Crippen LogP contribution is 2.38. The number of amides is 1. The maximum absolute atomic E-state index is 12.5. The van der Waals surface area contributed by atoms with Crippen LogP contribution in [0, 0.1) is 0 Å². The van der Waals surface area contributed by atoms with Crippen molar-refractivity contribution in [3.05, 3.63) is 11.7 Å². The third-order valence-electron chi connectivity index (χ3n) is 5.30. The van der Waals surface area contributed by atoms with Gasteiger partial charge in [0.2, 0.25) is 11.8 Å². The van der Waals surface area contributed by atoms with Crippen molar-refractivity contribution < 1.29 is 19.2 Å². The number of hydrogen-bond donors (Lipinski definition) is 1. The van der Waals surface area contributed by atoms with Gasteiger partial charge >= 0.3 is 5.97 Å². The van der Waals surface area contributed by atoms with Crippen molar-refractivity contribution in [1.82, 2.24) is 15.0 Å². The first-order valence-electron chi connectivity index (χ1n) is 8.85. The standard InChI is InChI=1S/C17H25N3O4/c1-20(17(16(22)23)10-3-2-4-11-17)14(21)7-5-6-13-18-15(19-24-13)12-8-9-12/h12H,2-11H2,1H3,(H,22,23). The summed E-state index contributed by atoms with van der Waals surface area (Å²) in [5.41, 5.74) is -1.03. The summed E-state index contributed by atoms with van der Waals surface area (Å²) in [5.74, 6) is 0.792. The van der Waals surface area contributed by atoms with Crippen LogP contribution in [0.1, 0.15) is 75.4 Å². The molecule has 0 aromatic carbocycles. The van der Waals surface area contributed by atoms with Crippen molar-refractivity contribution >= 4 is 11.9 Å². The molecule has 1 aromatic rings. The molecule has 7 heteroatoms. The van der Waals surface area contributed by atoms with Crippen molar-refractivity contribution in [3.8, 4) is 0 Å². The molecule has 0 saturated heterocycles. The number of rotatable bonds is 7. The summed E-state index contributed by atoms with van der Waals surface area (Å²) in [6.45, 7) is 0. The lowest BCUT2D eigenvalue weighted by Gasteiger charge is -2.41. The first-order valence-corrected chi connectivity index (χ1v) is 8.85. The number of aliphatic carboxylic acids is 1. The minimum Gasteiger partial charge on any atom is -0.479 e. The lowest BCUT2D eigenvalue weighted by Crippen LogP contribution is -2.56. The molecule has 1 N–H and O–H groups in total. The van der Waals surface area contributed by atoms with Gasteiger partial charge < -0.3 is 14.5 Å². The van der Waals surface area contributed by atoms with Crippen LogP contribution in [0.2, 0.25) is 0 Å². The second-order valence-electron chi connectivity index (χ2n) is 7.02. The Kier molecular flexibility index (Phi) is 4.87. The molecule has 0 aliphatic heterocycles. The minimum atomic E-state index is -1.03. The highest BCUT2D eigenvalue weighted by Gasteiger charge is 2.45. The fourth-order valence-corrected chi connectivity index (χ4v) is 3.50. The van der Waals surface area contributed by atoms with Gasteiger partial charge in [0, 0.05) is 25.8 Å². The zero-order chi connectivity index (χ0) is 17.2. The highest BCUT2D eigenvalue weighted by atomic mass is 16.5. The van der Waals surface area contributed by atoms with E-state index in [0.717, 1.165) is 37.9 Å². The number of aryl methyl sites for hydroxylation is 1. The molecule has 0 radical (unpaired) electrons. The van der Waals surface area contributed by atoms with Crippen molar-refractivity contribution in [2.75, 3.05) is 7.05 Å². The zero-order valence-corrected chi connectivity index (χ0v) is 14.2. The molecule has 0 spiro atoms. The Bertz CT molecular complexity index is 603. The van der Waals surface area contributed by atoms with E-state index in [2.05, 4.69) is 10.1 Å². The van der Waals surface area contributed by atoms with Gasteiger partial charge in [0.05, 0.1) is 0 Å². The molecule has 132 valence electrons. The van der Waals surface area contributed by atoms with E-state index >= 15 is 0 Å². The van der Waals surface area contributed by atoms with Crippen LogP contribution in [0.5, 0.6) is 0 Å². The van der Waals surface area contributed by atoms with E-state index in [1.54, 1.807) is 7.05 Å². The zero-order valence-electron chi connectivity index (χ0n) is 14.2. The number of hydrogen-bond acceptors (Lipinski definition) is 5. The fraction of sp³-hybridized carbons (Fsp3) is 0.765. The van der Waals surface area contributed by atoms with Crippen LogP contribution >= 0.6 is 0 Å². The fourth-order valence-electron chi connectivity index (χ4n) is 3.50. The number of likely N-dealkylation sites (N-methyl/N-ethyl adjacent to an activating group) is 1. The van der Waals surface area contributed by atoms with Gasteiger partial charge in [-0.1, -0.05) is 24.4 Å². The largest absolute Gasteiger partial charge is 0.479 e. The number of carboxylic acids is 1. The molecule has 0 atom stereocenters. The van der Waals surface area contributed by atoms with Crippen LogP contribution in [0.3, 0.4) is 0 Å². The molecule has 2 aliphatic carbocycles. The Hall–Kier alpha value is -1.92. The number of nitrogens with zero attached hydrogens (tertiary/aromatic N) is 3. The number of carboxylic acid groups (broad SMARTS) is 1. The van der Waals surface area contributed by atoms with Gasteiger partial charge in [0.25, 0.3) is 0 Å². The first kappa shape index (κ1) is 16.9. The van der Waals surface area contributed by atoms with E-state index in [1.807, 2.05) is 0 Å². The van der Waals surface area contributed by atoms with Gasteiger partial charge in [0.15, 0.2) is 5.82 Å². The van der Waals surface area contributed by atoms with Crippen LogP contribution in [-0.2, 0) is 16.0 Å². The van der Waals surface area contributed by atoms with E-state index in [0.29, 0.717) is 43.9 Å². The maximum atomic E-state index is 12.5. The second-order valence-corrected chi connectivity index (χ2v) is 7.02. The third-order valence-corrected chi connectivity index (χ3v) is 5.30. The average Bonchev–Trinajstić information content (AvgIpc) is 3.34. The SMILES string of the molecule is CN(C(=O)CCCc1nc(C2CC2)no1)C1(C(=O)O)CCCCC1. The van der Waals surface area contributed by atoms with Gasteiger partial charge in [-0.15, -0.1) is 0 Å². The molecule has 0 unspecified atom stereocenters. The highest BCUT2D eigenvalue weighted by molar-refractivity contribution is 5.87. The minimum absolute atomic E-state index is 0.124. The molecule has 1 heterocycles. The quantitative estimate of drug-likeness (QED) is 0.822. The third kappa shape index (κ3) is 3.44. The smallest absolute Gasteiger partial charge is 0.329 e. The summed E-state index contributed by atoms with van der Waals surface area (Å²) in [5, 5.41) is 13.6. The predicted octanol–water partition coefficient (Wildman–Crippen LogP) is 2.52.